The highest BCUT2D eigenvalue weighted by Gasteiger charge is 2.02. The lowest BCUT2D eigenvalue weighted by Crippen LogP contribution is -1.97. The summed E-state index contributed by atoms with van der Waals surface area (Å²) in [6.45, 7) is 14.4. The summed E-state index contributed by atoms with van der Waals surface area (Å²) in [5.41, 5.74) is 12.3. The second kappa shape index (κ2) is 17.0. The van der Waals surface area contributed by atoms with Crippen molar-refractivity contribution in [1.82, 2.24) is 0 Å². The zero-order valence-corrected chi connectivity index (χ0v) is 25.9. The highest BCUT2D eigenvalue weighted by molar-refractivity contribution is 5.32. The van der Waals surface area contributed by atoms with E-state index in [1.54, 1.807) is 0 Å². The van der Waals surface area contributed by atoms with Crippen molar-refractivity contribution < 1.29 is 0 Å². The highest BCUT2D eigenvalue weighted by atomic mass is 14.1. The monoisotopic (exact) mass is 540 g/mol. The van der Waals surface area contributed by atoms with Crippen LogP contribution in [0.2, 0.25) is 0 Å². The van der Waals surface area contributed by atoms with Crippen molar-refractivity contribution in [2.45, 2.75) is 66.7 Å². The van der Waals surface area contributed by atoms with Crippen molar-refractivity contribution in [3.8, 4) is 0 Å². The summed E-state index contributed by atoms with van der Waals surface area (Å²) in [7, 11) is 0. The molecule has 0 heteroatoms. The van der Waals surface area contributed by atoms with Gasteiger partial charge in [-0.15, -0.1) is 0 Å². The Kier molecular flexibility index (Phi) is 13.1. The molecule has 0 spiro atoms. The molecule has 0 fully saturated rings. The van der Waals surface area contributed by atoms with Gasteiger partial charge in [0.2, 0.25) is 0 Å². The molecule has 9 rings (SSSR count). The molecule has 41 heavy (non-hydrogen) atoms. The molecule has 0 radical (unpaired) electrons. The van der Waals surface area contributed by atoms with E-state index in [1.807, 2.05) is 12.2 Å². The smallest absolute Gasteiger partial charge is 0.00752 e. The molecule has 0 nitrogen and oxygen atoms in total. The molecule has 5 aliphatic carbocycles. The van der Waals surface area contributed by atoms with Crippen molar-refractivity contribution >= 4 is 0 Å². The fraction of sp³-hybridized carbons (Fsp3) is 0.268. The van der Waals surface area contributed by atoms with Crippen LogP contribution in [0.4, 0.5) is 0 Å². The van der Waals surface area contributed by atoms with Gasteiger partial charge in [0, 0.05) is 0 Å². The number of hydrogen-bond donors (Lipinski definition) is 0. The zero-order valence-electron chi connectivity index (χ0n) is 25.9. The van der Waals surface area contributed by atoms with Crippen LogP contribution in [0, 0.1) is 26.7 Å². The summed E-state index contributed by atoms with van der Waals surface area (Å²) >= 11 is 0. The Morgan fingerprint density at radius 3 is 1.07 bits per heavy atom. The van der Waals surface area contributed by atoms with Crippen molar-refractivity contribution in [2.75, 3.05) is 0 Å². The maximum absolute atomic E-state index is 3.78. The van der Waals surface area contributed by atoms with Gasteiger partial charge in [-0.25, -0.2) is 0 Å². The Labute approximate surface area is 250 Å². The van der Waals surface area contributed by atoms with Crippen LogP contribution in [0.1, 0.15) is 58.4 Å². The Balaban J connectivity index is 0.000000160. The Bertz CT molecular complexity index is 1230. The number of benzene rings is 4. The second-order valence-electron chi connectivity index (χ2n) is 11.3. The van der Waals surface area contributed by atoms with Crippen molar-refractivity contribution in [3.63, 3.8) is 0 Å². The molecule has 0 aromatic heterocycles. The molecular weight excluding hydrogens is 492 g/mol. The van der Waals surface area contributed by atoms with Gasteiger partial charge in [0.05, 0.1) is 0 Å². The van der Waals surface area contributed by atoms with Gasteiger partial charge in [0.1, 0.15) is 0 Å². The normalized spacial score (nSPS) is 13.4. The van der Waals surface area contributed by atoms with Gasteiger partial charge in [0.15, 0.2) is 0 Å². The first-order valence-corrected chi connectivity index (χ1v) is 15.1. The largest absolute Gasteiger partial charge is 0.0918 e. The maximum Gasteiger partial charge on any atom is -0.00752 e. The summed E-state index contributed by atoms with van der Waals surface area (Å²) in [6, 6.07) is 35.4. The lowest BCUT2D eigenvalue weighted by atomic mass is 9.97. The molecule has 4 bridgehead atoms. The summed E-state index contributed by atoms with van der Waals surface area (Å²) in [5.74, 6) is 0.598. The molecule has 0 N–H and O–H groups in total. The number of aryl methyl sites for hydroxylation is 8. The van der Waals surface area contributed by atoms with E-state index in [2.05, 4.69) is 150 Å². The molecule has 0 saturated heterocycles. The zero-order chi connectivity index (χ0) is 29.5. The van der Waals surface area contributed by atoms with Crippen LogP contribution in [-0.4, -0.2) is 0 Å². The first-order chi connectivity index (χ1) is 19.8. The van der Waals surface area contributed by atoms with Crippen molar-refractivity contribution in [3.05, 3.63) is 178 Å². The summed E-state index contributed by atoms with van der Waals surface area (Å²) in [6.07, 6.45) is 14.1. The van der Waals surface area contributed by atoms with Crippen molar-refractivity contribution in [2.24, 2.45) is 5.92 Å². The van der Waals surface area contributed by atoms with E-state index in [0.717, 1.165) is 37.7 Å². The van der Waals surface area contributed by atoms with E-state index in [-0.39, 0.29) is 0 Å². The van der Waals surface area contributed by atoms with Crippen LogP contribution in [0.25, 0.3) is 0 Å². The minimum Gasteiger partial charge on any atom is -0.0918 e. The number of allylic oxidation sites excluding steroid dienone is 5. The van der Waals surface area contributed by atoms with Gasteiger partial charge in [0.25, 0.3) is 0 Å². The van der Waals surface area contributed by atoms with E-state index >= 15 is 0 Å². The lowest BCUT2D eigenvalue weighted by Gasteiger charge is -2.09. The molecule has 0 saturated carbocycles. The molecule has 0 heterocycles. The Morgan fingerprint density at radius 1 is 0.512 bits per heavy atom. The van der Waals surface area contributed by atoms with Gasteiger partial charge in [-0.1, -0.05) is 158 Å². The fourth-order valence-corrected chi connectivity index (χ4v) is 4.45. The minimum absolute atomic E-state index is 0.598. The third-order valence-electron chi connectivity index (χ3n) is 7.43. The van der Waals surface area contributed by atoms with Crippen LogP contribution in [0.3, 0.4) is 0 Å². The fourth-order valence-electron chi connectivity index (χ4n) is 4.45. The first kappa shape index (κ1) is 31.6. The third kappa shape index (κ3) is 12.4. The molecule has 212 valence electrons. The van der Waals surface area contributed by atoms with E-state index in [0.29, 0.717) is 5.92 Å². The van der Waals surface area contributed by atoms with Gasteiger partial charge in [-0.2, -0.15) is 0 Å². The van der Waals surface area contributed by atoms with Crippen LogP contribution in [-0.2, 0) is 32.1 Å². The summed E-state index contributed by atoms with van der Waals surface area (Å²) in [5, 5.41) is 0. The van der Waals surface area contributed by atoms with E-state index in [1.165, 1.54) is 44.5 Å². The molecule has 4 aromatic rings. The molecule has 0 aliphatic heterocycles. The molecule has 0 amide bonds. The molecule has 5 aliphatic rings. The van der Waals surface area contributed by atoms with Gasteiger partial charge in [-0.05, 0) is 92.2 Å². The molecular formula is C41H48. The van der Waals surface area contributed by atoms with E-state index in [9.17, 15) is 0 Å². The maximum atomic E-state index is 3.78. The second-order valence-corrected chi connectivity index (χ2v) is 11.3. The summed E-state index contributed by atoms with van der Waals surface area (Å²) in [4.78, 5) is 0. The quantitative estimate of drug-likeness (QED) is 0.225. The number of hydrogen-bond acceptors (Lipinski definition) is 0. The molecule has 4 aromatic carbocycles. The predicted molar refractivity (Wildman–Crippen MR) is 181 cm³/mol. The summed E-state index contributed by atoms with van der Waals surface area (Å²) < 4.78 is 0. The van der Waals surface area contributed by atoms with Crippen LogP contribution in [0.5, 0.6) is 0 Å². The molecule has 0 atom stereocenters. The number of rotatable bonds is 1. The first-order valence-electron chi connectivity index (χ1n) is 15.1. The van der Waals surface area contributed by atoms with E-state index < -0.39 is 0 Å². The van der Waals surface area contributed by atoms with Gasteiger partial charge < -0.3 is 0 Å². The minimum atomic E-state index is 0.598. The van der Waals surface area contributed by atoms with Crippen LogP contribution in [0.15, 0.2) is 134 Å². The van der Waals surface area contributed by atoms with Crippen LogP contribution >= 0.6 is 0 Å². The average Bonchev–Trinajstić information content (AvgIpc) is 2.99. The van der Waals surface area contributed by atoms with E-state index in [4.69, 9.17) is 0 Å². The Morgan fingerprint density at radius 2 is 0.805 bits per heavy atom. The average molecular weight is 541 g/mol. The lowest BCUT2D eigenvalue weighted by molar-refractivity contribution is 0.921. The van der Waals surface area contributed by atoms with Gasteiger partial charge in [-0.3, -0.25) is 0 Å². The SMILES string of the molecule is C=C1C=CC(C)C=C1.CCc1ccc(C)cc1.Cc1ccc(C)cc1.c1cc2ccc1CCc1ccc(cc1)CC2. The van der Waals surface area contributed by atoms with Crippen LogP contribution < -0.4 is 0 Å². The highest BCUT2D eigenvalue weighted by Crippen LogP contribution is 2.15. The Hall–Kier alpha value is -3.90. The standard InChI is InChI=1S/C16H16.C9H12.2C8H10/c1-2-14-4-3-13(1)9-10-15-5-7-16(8-6-15)12-11-14;1-3-9-6-4-8(2)5-7-9;2*1-7-3-5-8(2)6-4-7/h1-8H,9-12H2;4-7H,3H2,1-2H3;3-6H,1-2H3;3-6,8H,1H2,2H3. The predicted octanol–water partition coefficient (Wildman–Crippen LogP) is 10.7. The van der Waals surface area contributed by atoms with Gasteiger partial charge >= 0.3 is 0 Å². The third-order valence-corrected chi connectivity index (χ3v) is 7.43. The van der Waals surface area contributed by atoms with Crippen molar-refractivity contribution in [1.29, 1.82) is 0 Å². The molecule has 0 unspecified atom stereocenters. The topological polar surface area (TPSA) is 0 Å².